The number of hydrogen-bond donors (Lipinski definition) is 3. The van der Waals surface area contributed by atoms with Gasteiger partial charge in [-0.2, -0.15) is 0 Å². The van der Waals surface area contributed by atoms with Crippen molar-refractivity contribution in [1.82, 2.24) is 9.97 Å². The van der Waals surface area contributed by atoms with Gasteiger partial charge in [-0.1, -0.05) is 6.92 Å². The van der Waals surface area contributed by atoms with Crippen LogP contribution in [0.5, 0.6) is 0 Å². The van der Waals surface area contributed by atoms with Crippen molar-refractivity contribution in [3.05, 3.63) is 12.4 Å². The molecule has 84 valence electrons. The lowest BCUT2D eigenvalue weighted by Gasteiger charge is -2.09. The molecule has 5 nitrogen and oxygen atoms in total. The van der Waals surface area contributed by atoms with Crippen LogP contribution in [-0.2, 0) is 0 Å². The van der Waals surface area contributed by atoms with Gasteiger partial charge in [0, 0.05) is 19.7 Å². The van der Waals surface area contributed by atoms with Gasteiger partial charge in [-0.3, -0.25) is 0 Å². The molecule has 3 N–H and O–H groups in total. The number of aliphatic hydroxyl groups is 1. The lowest BCUT2D eigenvalue weighted by Crippen LogP contribution is -2.13. The summed E-state index contributed by atoms with van der Waals surface area (Å²) in [5.74, 6) is 1.56. The maximum absolute atomic E-state index is 9.35. The van der Waals surface area contributed by atoms with Crippen molar-refractivity contribution in [3.63, 3.8) is 0 Å². The zero-order chi connectivity index (χ0) is 11.1. The van der Waals surface area contributed by atoms with E-state index in [1.165, 1.54) is 6.33 Å². The molecule has 0 aliphatic carbocycles. The van der Waals surface area contributed by atoms with Crippen LogP contribution in [0.1, 0.15) is 19.8 Å². The van der Waals surface area contributed by atoms with Crippen molar-refractivity contribution in [1.29, 1.82) is 0 Å². The number of aliphatic hydroxyl groups excluding tert-OH is 1. The predicted octanol–water partition coefficient (Wildman–Crippen LogP) is 1.09. The summed E-state index contributed by atoms with van der Waals surface area (Å²) in [6, 6.07) is 1.83. The van der Waals surface area contributed by atoms with E-state index in [1.807, 2.05) is 20.0 Å². The lowest BCUT2D eigenvalue weighted by molar-refractivity contribution is 0.164. The van der Waals surface area contributed by atoms with Crippen molar-refractivity contribution >= 4 is 11.6 Å². The Kier molecular flexibility index (Phi) is 4.83. The van der Waals surface area contributed by atoms with E-state index in [9.17, 15) is 5.11 Å². The Morgan fingerprint density at radius 3 is 2.80 bits per heavy atom. The molecule has 0 aliphatic rings. The molecule has 0 saturated carbocycles. The average molecular weight is 210 g/mol. The van der Waals surface area contributed by atoms with Crippen molar-refractivity contribution in [3.8, 4) is 0 Å². The van der Waals surface area contributed by atoms with E-state index >= 15 is 0 Å². The predicted molar refractivity (Wildman–Crippen MR) is 61.0 cm³/mol. The van der Waals surface area contributed by atoms with Crippen LogP contribution >= 0.6 is 0 Å². The van der Waals surface area contributed by atoms with Gasteiger partial charge in [-0.25, -0.2) is 9.97 Å². The van der Waals surface area contributed by atoms with Gasteiger partial charge in [0.2, 0.25) is 0 Å². The maximum Gasteiger partial charge on any atom is 0.131 e. The molecule has 1 aromatic rings. The minimum atomic E-state index is -0.233. The Balaban J connectivity index is 2.37. The quantitative estimate of drug-likeness (QED) is 0.655. The Hall–Kier alpha value is -1.36. The third-order valence-electron chi connectivity index (χ3n) is 2.18. The van der Waals surface area contributed by atoms with Gasteiger partial charge in [0.15, 0.2) is 0 Å². The molecule has 5 heteroatoms. The summed E-state index contributed by atoms with van der Waals surface area (Å²) in [7, 11) is 1.81. The van der Waals surface area contributed by atoms with Crippen LogP contribution in [-0.4, -0.2) is 34.8 Å². The van der Waals surface area contributed by atoms with Gasteiger partial charge < -0.3 is 15.7 Å². The number of nitrogens with one attached hydrogen (secondary N) is 2. The molecule has 1 aromatic heterocycles. The number of rotatable bonds is 6. The van der Waals surface area contributed by atoms with Crippen LogP contribution in [0.3, 0.4) is 0 Å². The number of aromatic nitrogens is 2. The molecule has 15 heavy (non-hydrogen) atoms. The van der Waals surface area contributed by atoms with E-state index in [0.29, 0.717) is 0 Å². The smallest absolute Gasteiger partial charge is 0.131 e. The molecule has 0 radical (unpaired) electrons. The summed E-state index contributed by atoms with van der Waals surface area (Å²) in [5.41, 5.74) is 0. The van der Waals surface area contributed by atoms with Crippen molar-refractivity contribution < 1.29 is 5.11 Å². The van der Waals surface area contributed by atoms with E-state index in [1.54, 1.807) is 0 Å². The topological polar surface area (TPSA) is 70.1 Å². The molecular weight excluding hydrogens is 192 g/mol. The highest BCUT2D eigenvalue weighted by Crippen LogP contribution is 2.07. The highest BCUT2D eigenvalue weighted by atomic mass is 16.3. The van der Waals surface area contributed by atoms with Crippen LogP contribution in [0.4, 0.5) is 11.6 Å². The van der Waals surface area contributed by atoms with Gasteiger partial charge in [-0.05, 0) is 12.8 Å². The third-order valence-corrected chi connectivity index (χ3v) is 2.18. The molecule has 0 aliphatic heterocycles. The molecule has 0 bridgehead atoms. The molecule has 1 rings (SSSR count). The molecule has 1 heterocycles. The van der Waals surface area contributed by atoms with Crippen LogP contribution in [0.15, 0.2) is 12.4 Å². The van der Waals surface area contributed by atoms with Gasteiger partial charge in [0.1, 0.15) is 18.0 Å². The van der Waals surface area contributed by atoms with Crippen LogP contribution in [0.2, 0.25) is 0 Å². The molecule has 1 unspecified atom stereocenters. The first-order valence-corrected chi connectivity index (χ1v) is 5.18. The highest BCUT2D eigenvalue weighted by Gasteiger charge is 2.00. The Morgan fingerprint density at radius 1 is 1.40 bits per heavy atom. The number of hydrogen-bond acceptors (Lipinski definition) is 5. The third kappa shape index (κ3) is 4.12. The maximum atomic E-state index is 9.35. The number of nitrogens with zero attached hydrogens (tertiary/aromatic N) is 2. The van der Waals surface area contributed by atoms with E-state index in [0.717, 1.165) is 31.0 Å². The summed E-state index contributed by atoms with van der Waals surface area (Å²) < 4.78 is 0. The molecule has 0 amide bonds. The minimum Gasteiger partial charge on any atom is -0.393 e. The number of anilines is 2. The zero-order valence-corrected chi connectivity index (χ0v) is 9.20. The summed E-state index contributed by atoms with van der Waals surface area (Å²) in [6.45, 7) is 2.68. The molecule has 0 saturated heterocycles. The first-order valence-electron chi connectivity index (χ1n) is 5.18. The fourth-order valence-corrected chi connectivity index (χ4v) is 1.16. The van der Waals surface area contributed by atoms with Gasteiger partial charge >= 0.3 is 0 Å². The fraction of sp³-hybridized carbons (Fsp3) is 0.600. The largest absolute Gasteiger partial charge is 0.393 e. The summed E-state index contributed by atoms with van der Waals surface area (Å²) in [6.07, 6.45) is 2.79. The molecule has 0 fully saturated rings. The fourth-order valence-electron chi connectivity index (χ4n) is 1.16. The second kappa shape index (κ2) is 6.19. The Bertz CT molecular complexity index is 293. The molecule has 0 spiro atoms. The van der Waals surface area contributed by atoms with Crippen molar-refractivity contribution in [2.75, 3.05) is 24.2 Å². The standard InChI is InChI=1S/C10H18N4O/c1-3-8(15)4-5-12-10-6-9(11-2)13-7-14-10/h6-8,15H,3-5H2,1-2H3,(H2,11,12,13,14). The van der Waals surface area contributed by atoms with Gasteiger partial charge in [0.05, 0.1) is 6.10 Å². The lowest BCUT2D eigenvalue weighted by atomic mass is 10.2. The SMILES string of the molecule is CCC(O)CCNc1cc(NC)ncn1. The molecule has 0 aromatic carbocycles. The second-order valence-electron chi connectivity index (χ2n) is 3.32. The summed E-state index contributed by atoms with van der Waals surface area (Å²) >= 11 is 0. The van der Waals surface area contributed by atoms with Gasteiger partial charge in [-0.15, -0.1) is 0 Å². The molecular formula is C10H18N4O. The van der Waals surface area contributed by atoms with Crippen molar-refractivity contribution in [2.24, 2.45) is 0 Å². The second-order valence-corrected chi connectivity index (χ2v) is 3.32. The van der Waals surface area contributed by atoms with E-state index in [2.05, 4.69) is 20.6 Å². The minimum absolute atomic E-state index is 0.233. The zero-order valence-electron chi connectivity index (χ0n) is 9.20. The van der Waals surface area contributed by atoms with E-state index in [-0.39, 0.29) is 6.10 Å². The van der Waals surface area contributed by atoms with E-state index in [4.69, 9.17) is 0 Å². The van der Waals surface area contributed by atoms with E-state index < -0.39 is 0 Å². The Morgan fingerprint density at radius 2 is 2.13 bits per heavy atom. The highest BCUT2D eigenvalue weighted by molar-refractivity contribution is 5.45. The normalized spacial score (nSPS) is 12.2. The van der Waals surface area contributed by atoms with Gasteiger partial charge in [0.25, 0.3) is 0 Å². The van der Waals surface area contributed by atoms with Crippen LogP contribution < -0.4 is 10.6 Å². The summed E-state index contributed by atoms with van der Waals surface area (Å²) in [5, 5.41) is 15.4. The first kappa shape index (κ1) is 11.7. The Labute approximate surface area is 90.0 Å². The summed E-state index contributed by atoms with van der Waals surface area (Å²) in [4.78, 5) is 8.07. The molecule has 1 atom stereocenters. The first-order chi connectivity index (χ1) is 7.26. The van der Waals surface area contributed by atoms with Crippen LogP contribution in [0, 0.1) is 0 Å². The van der Waals surface area contributed by atoms with Crippen LogP contribution in [0.25, 0.3) is 0 Å². The monoisotopic (exact) mass is 210 g/mol. The van der Waals surface area contributed by atoms with Crippen molar-refractivity contribution in [2.45, 2.75) is 25.9 Å². The average Bonchev–Trinajstić information content (AvgIpc) is 2.29.